The van der Waals surface area contributed by atoms with Crippen molar-refractivity contribution in [1.82, 2.24) is 10.2 Å². The van der Waals surface area contributed by atoms with Crippen LogP contribution in [-0.2, 0) is 26.2 Å². The monoisotopic (exact) mass is 565 g/mol. The Hall–Kier alpha value is -3.85. The predicted molar refractivity (Wildman–Crippen MR) is 158 cm³/mol. The molecule has 0 unspecified atom stereocenters. The van der Waals surface area contributed by atoms with Crippen LogP contribution in [0.1, 0.15) is 43.4 Å². The highest BCUT2D eigenvalue weighted by molar-refractivity contribution is 7.92. The Labute approximate surface area is 238 Å². The first-order valence-corrected chi connectivity index (χ1v) is 14.9. The van der Waals surface area contributed by atoms with Crippen LogP contribution in [0, 0.1) is 13.8 Å². The van der Waals surface area contributed by atoms with Crippen molar-refractivity contribution in [3.05, 3.63) is 89.5 Å². The SMILES string of the molecule is CCCNC(=O)[C@@H](CC)N(Cc1cccc(C)c1)C(=O)CN(c1ccc(OC)cc1)S(=O)(=O)c1ccc(C)cc1. The highest BCUT2D eigenvalue weighted by Crippen LogP contribution is 2.27. The van der Waals surface area contributed by atoms with Gasteiger partial charge in [0.05, 0.1) is 17.7 Å². The van der Waals surface area contributed by atoms with E-state index in [2.05, 4.69) is 5.32 Å². The van der Waals surface area contributed by atoms with Crippen molar-refractivity contribution in [2.24, 2.45) is 0 Å². The highest BCUT2D eigenvalue weighted by atomic mass is 32.2. The molecule has 3 aromatic carbocycles. The lowest BCUT2D eigenvalue weighted by Gasteiger charge is -2.33. The summed E-state index contributed by atoms with van der Waals surface area (Å²) in [6, 6.07) is 20.0. The first-order valence-electron chi connectivity index (χ1n) is 13.5. The third-order valence-electron chi connectivity index (χ3n) is 6.62. The molecule has 0 spiro atoms. The lowest BCUT2D eigenvalue weighted by molar-refractivity contribution is -0.140. The number of nitrogens with zero attached hydrogens (tertiary/aromatic N) is 2. The Morgan fingerprint density at radius 2 is 1.60 bits per heavy atom. The Morgan fingerprint density at radius 1 is 0.925 bits per heavy atom. The molecule has 40 heavy (non-hydrogen) atoms. The van der Waals surface area contributed by atoms with Crippen LogP contribution in [0.2, 0.25) is 0 Å². The fourth-order valence-electron chi connectivity index (χ4n) is 4.41. The number of sulfonamides is 1. The van der Waals surface area contributed by atoms with E-state index in [0.29, 0.717) is 24.4 Å². The smallest absolute Gasteiger partial charge is 0.264 e. The lowest BCUT2D eigenvalue weighted by Crippen LogP contribution is -2.52. The van der Waals surface area contributed by atoms with E-state index in [1.54, 1.807) is 36.4 Å². The number of hydrogen-bond donors (Lipinski definition) is 1. The normalized spacial score (nSPS) is 11.9. The van der Waals surface area contributed by atoms with Gasteiger partial charge in [-0.2, -0.15) is 0 Å². The summed E-state index contributed by atoms with van der Waals surface area (Å²) in [4.78, 5) is 28.8. The maximum absolute atomic E-state index is 14.1. The summed E-state index contributed by atoms with van der Waals surface area (Å²) < 4.78 is 34.2. The van der Waals surface area contributed by atoms with Gasteiger partial charge in [-0.1, -0.05) is 61.4 Å². The maximum atomic E-state index is 14.1. The largest absolute Gasteiger partial charge is 0.497 e. The van der Waals surface area contributed by atoms with E-state index in [9.17, 15) is 18.0 Å². The minimum Gasteiger partial charge on any atom is -0.497 e. The van der Waals surface area contributed by atoms with Gasteiger partial charge >= 0.3 is 0 Å². The molecular weight excluding hydrogens is 526 g/mol. The van der Waals surface area contributed by atoms with Gasteiger partial charge < -0.3 is 15.0 Å². The van der Waals surface area contributed by atoms with Gasteiger partial charge in [-0.15, -0.1) is 0 Å². The van der Waals surface area contributed by atoms with Crippen LogP contribution in [-0.4, -0.2) is 51.4 Å². The van der Waals surface area contributed by atoms with Gasteiger partial charge in [0.15, 0.2) is 0 Å². The van der Waals surface area contributed by atoms with E-state index in [-0.39, 0.29) is 17.3 Å². The molecule has 2 amide bonds. The van der Waals surface area contributed by atoms with Crippen LogP contribution >= 0.6 is 0 Å². The summed E-state index contributed by atoms with van der Waals surface area (Å²) in [6.45, 7) is 7.81. The number of nitrogens with one attached hydrogen (secondary N) is 1. The highest BCUT2D eigenvalue weighted by Gasteiger charge is 2.33. The predicted octanol–water partition coefficient (Wildman–Crippen LogP) is 4.84. The first kappa shape index (κ1) is 30.7. The number of amides is 2. The number of aryl methyl sites for hydroxylation is 2. The van der Waals surface area contributed by atoms with Crippen molar-refractivity contribution in [2.75, 3.05) is 24.5 Å². The lowest BCUT2D eigenvalue weighted by atomic mass is 10.1. The van der Waals surface area contributed by atoms with Gasteiger partial charge in [0.1, 0.15) is 18.3 Å². The van der Waals surface area contributed by atoms with Gasteiger partial charge in [-0.05, 0) is 68.7 Å². The summed E-state index contributed by atoms with van der Waals surface area (Å²) in [6.07, 6.45) is 1.13. The standard InChI is InChI=1S/C31H39N3O5S/c1-6-19-32-31(36)29(7-2)33(21-25-10-8-9-24(4)20-25)30(35)22-34(26-13-15-27(39-5)16-14-26)40(37,38)28-17-11-23(3)12-18-28/h8-18,20,29H,6-7,19,21-22H2,1-5H3,(H,32,36)/t29-/m1/s1. The van der Waals surface area contributed by atoms with Crippen LogP contribution in [0.25, 0.3) is 0 Å². The Balaban J connectivity index is 2.05. The van der Waals surface area contributed by atoms with E-state index >= 15 is 0 Å². The number of hydrogen-bond acceptors (Lipinski definition) is 5. The summed E-state index contributed by atoms with van der Waals surface area (Å²) in [5.41, 5.74) is 3.11. The van der Waals surface area contributed by atoms with Crippen LogP contribution in [0.15, 0.2) is 77.7 Å². The molecule has 0 bridgehead atoms. The fraction of sp³-hybridized carbons (Fsp3) is 0.355. The first-order chi connectivity index (χ1) is 19.1. The fourth-order valence-corrected chi connectivity index (χ4v) is 5.82. The maximum Gasteiger partial charge on any atom is 0.264 e. The van der Waals surface area contributed by atoms with E-state index in [4.69, 9.17) is 4.74 Å². The molecule has 8 nitrogen and oxygen atoms in total. The van der Waals surface area contributed by atoms with Crippen molar-refractivity contribution in [3.63, 3.8) is 0 Å². The molecule has 0 aromatic heterocycles. The summed E-state index contributed by atoms with van der Waals surface area (Å²) in [5, 5.41) is 2.90. The van der Waals surface area contributed by atoms with E-state index in [1.165, 1.54) is 24.1 Å². The average Bonchev–Trinajstić information content (AvgIpc) is 2.94. The molecule has 1 N–H and O–H groups in total. The topological polar surface area (TPSA) is 96.0 Å². The van der Waals surface area contributed by atoms with Gasteiger partial charge in [0, 0.05) is 13.1 Å². The minimum absolute atomic E-state index is 0.0692. The van der Waals surface area contributed by atoms with Gasteiger partial charge in [0.25, 0.3) is 10.0 Å². The van der Waals surface area contributed by atoms with Crippen molar-refractivity contribution in [1.29, 1.82) is 0 Å². The van der Waals surface area contributed by atoms with Gasteiger partial charge in [-0.3, -0.25) is 13.9 Å². The van der Waals surface area contributed by atoms with E-state index in [1.807, 2.05) is 52.0 Å². The number of methoxy groups -OCH3 is 1. The van der Waals surface area contributed by atoms with Gasteiger partial charge in [-0.25, -0.2) is 8.42 Å². The summed E-state index contributed by atoms with van der Waals surface area (Å²) >= 11 is 0. The molecule has 0 aliphatic heterocycles. The Bertz CT molecular complexity index is 1390. The number of ether oxygens (including phenoxy) is 1. The second-order valence-electron chi connectivity index (χ2n) is 9.75. The zero-order valence-electron chi connectivity index (χ0n) is 23.9. The number of carbonyl (C=O) groups excluding carboxylic acids is 2. The summed E-state index contributed by atoms with van der Waals surface area (Å²) in [5.74, 6) is -0.184. The molecule has 0 aliphatic carbocycles. The van der Waals surface area contributed by atoms with Crippen LogP contribution in [0.3, 0.4) is 0 Å². The van der Waals surface area contributed by atoms with Crippen molar-refractivity contribution < 1.29 is 22.7 Å². The second kappa shape index (κ2) is 14.0. The molecule has 214 valence electrons. The quantitative estimate of drug-likeness (QED) is 0.320. The molecule has 0 saturated carbocycles. The zero-order valence-corrected chi connectivity index (χ0v) is 24.7. The van der Waals surface area contributed by atoms with E-state index in [0.717, 1.165) is 27.4 Å². The van der Waals surface area contributed by atoms with Gasteiger partial charge in [0.2, 0.25) is 11.8 Å². The van der Waals surface area contributed by atoms with Crippen LogP contribution in [0.5, 0.6) is 5.75 Å². The molecular formula is C31H39N3O5S. The molecule has 0 fully saturated rings. The molecule has 3 aromatic rings. The molecule has 0 saturated heterocycles. The Kier molecular flexibility index (Phi) is 10.7. The number of rotatable bonds is 13. The van der Waals surface area contributed by atoms with Crippen LogP contribution in [0.4, 0.5) is 5.69 Å². The number of anilines is 1. The number of benzene rings is 3. The zero-order chi connectivity index (χ0) is 29.3. The molecule has 1 atom stereocenters. The molecule has 9 heteroatoms. The third-order valence-corrected chi connectivity index (χ3v) is 8.41. The van der Waals surface area contributed by atoms with Crippen molar-refractivity contribution >= 4 is 27.5 Å². The second-order valence-corrected chi connectivity index (χ2v) is 11.6. The van der Waals surface area contributed by atoms with Crippen molar-refractivity contribution in [3.8, 4) is 5.75 Å². The van der Waals surface area contributed by atoms with E-state index < -0.39 is 28.5 Å². The molecule has 0 aliphatic rings. The summed E-state index contributed by atoms with van der Waals surface area (Å²) in [7, 11) is -2.60. The average molecular weight is 566 g/mol. The molecule has 3 rings (SSSR count). The van der Waals surface area contributed by atoms with Crippen molar-refractivity contribution in [2.45, 2.75) is 58.0 Å². The molecule has 0 heterocycles. The number of carbonyl (C=O) groups is 2. The Morgan fingerprint density at radius 3 is 2.17 bits per heavy atom. The third kappa shape index (κ3) is 7.63. The minimum atomic E-state index is -4.12. The molecule has 0 radical (unpaired) electrons. The van der Waals surface area contributed by atoms with Crippen LogP contribution < -0.4 is 14.4 Å².